The number of aromatic nitrogens is 3. The van der Waals surface area contributed by atoms with Crippen LogP contribution in [0.3, 0.4) is 0 Å². The van der Waals surface area contributed by atoms with Crippen LogP contribution in [0.25, 0.3) is 11.0 Å². The monoisotopic (exact) mass is 544 g/mol. The van der Waals surface area contributed by atoms with Crippen LogP contribution in [0.5, 0.6) is 0 Å². The molecule has 14 heteroatoms. The molecule has 0 radical (unpaired) electrons. The van der Waals surface area contributed by atoms with Crippen LogP contribution in [0.4, 0.5) is 5.82 Å². The van der Waals surface area contributed by atoms with E-state index in [1.807, 2.05) is 0 Å². The van der Waals surface area contributed by atoms with E-state index in [0.717, 1.165) is 0 Å². The molecule has 3 aromatic rings. The number of rotatable bonds is 5. The van der Waals surface area contributed by atoms with Gasteiger partial charge in [-0.2, -0.15) is 0 Å². The van der Waals surface area contributed by atoms with Crippen LogP contribution in [-0.4, -0.2) is 55.8 Å². The Balaban J connectivity index is 1.30. The Morgan fingerprint density at radius 3 is 2.89 bits per heavy atom. The molecule has 188 valence electrons. The number of nitrogen functional groups attached to an aromatic ring is 1. The molecule has 0 saturated carbocycles. The standard InChI is InChI=1S/C21H23Cl2N4O7P/c1-21(29)17(28)16(33-20(21)27-6-4-12-18(24)25-10-26-19(12)27)9-32-35(30)31-7-5-15(34-35)11-2-3-13(22)14(23)8-11/h2-4,6,8,10,15-17,20,28-29H,5,7,9H2,1H3,(H2,24,25,26)/t15-,16+,17+,20+,21+,35+/m0/s1. The normalized spacial score (nSPS) is 33.4. The quantitative estimate of drug-likeness (QED) is 0.406. The highest BCUT2D eigenvalue weighted by atomic mass is 35.5. The lowest BCUT2D eigenvalue weighted by atomic mass is 9.96. The molecule has 4 N–H and O–H groups in total. The Bertz CT molecular complexity index is 1310. The first-order chi connectivity index (χ1) is 16.6. The second kappa shape index (κ2) is 9.26. The molecule has 2 aliphatic rings. The number of phosphoric acid groups is 1. The van der Waals surface area contributed by atoms with E-state index in [2.05, 4.69) is 9.97 Å². The van der Waals surface area contributed by atoms with Crippen LogP contribution in [0.15, 0.2) is 36.8 Å². The molecule has 35 heavy (non-hydrogen) atoms. The van der Waals surface area contributed by atoms with Gasteiger partial charge in [-0.1, -0.05) is 29.3 Å². The lowest BCUT2D eigenvalue weighted by Crippen LogP contribution is -2.44. The molecule has 0 spiro atoms. The number of nitrogens with zero attached hydrogens (tertiary/aromatic N) is 3. The van der Waals surface area contributed by atoms with Crippen molar-refractivity contribution in [2.24, 2.45) is 0 Å². The van der Waals surface area contributed by atoms with Crippen LogP contribution in [0.2, 0.25) is 10.0 Å². The highest BCUT2D eigenvalue weighted by Crippen LogP contribution is 2.57. The van der Waals surface area contributed by atoms with E-state index in [1.165, 1.54) is 13.3 Å². The van der Waals surface area contributed by atoms with E-state index in [-0.39, 0.29) is 19.0 Å². The molecule has 2 aromatic heterocycles. The van der Waals surface area contributed by atoms with Gasteiger partial charge >= 0.3 is 7.82 Å². The average molecular weight is 545 g/mol. The zero-order valence-electron chi connectivity index (χ0n) is 18.5. The zero-order valence-corrected chi connectivity index (χ0v) is 20.9. The van der Waals surface area contributed by atoms with Crippen molar-refractivity contribution in [3.05, 3.63) is 52.4 Å². The van der Waals surface area contributed by atoms with Crippen LogP contribution < -0.4 is 5.73 Å². The third kappa shape index (κ3) is 4.57. The maximum absolute atomic E-state index is 13.2. The van der Waals surface area contributed by atoms with Gasteiger partial charge in [-0.25, -0.2) is 14.5 Å². The minimum Gasteiger partial charge on any atom is -0.387 e. The fourth-order valence-electron chi connectivity index (χ4n) is 4.24. The van der Waals surface area contributed by atoms with Gasteiger partial charge in [0.15, 0.2) is 6.23 Å². The molecule has 11 nitrogen and oxygen atoms in total. The van der Waals surface area contributed by atoms with Gasteiger partial charge in [0.05, 0.1) is 34.7 Å². The summed E-state index contributed by atoms with van der Waals surface area (Å²) in [5, 5.41) is 23.1. The van der Waals surface area contributed by atoms with E-state index in [4.69, 9.17) is 47.2 Å². The van der Waals surface area contributed by atoms with Gasteiger partial charge in [0, 0.05) is 12.6 Å². The molecule has 5 rings (SSSR count). The van der Waals surface area contributed by atoms with Crippen molar-refractivity contribution < 1.29 is 33.1 Å². The number of aliphatic hydroxyl groups excluding tert-OH is 1. The van der Waals surface area contributed by atoms with Crippen molar-refractivity contribution in [3.8, 4) is 0 Å². The molecule has 0 amide bonds. The first-order valence-electron chi connectivity index (χ1n) is 10.7. The van der Waals surface area contributed by atoms with E-state index in [1.54, 1.807) is 35.0 Å². The topological polar surface area (TPSA) is 151 Å². The summed E-state index contributed by atoms with van der Waals surface area (Å²) in [6.45, 7) is 1.18. The molecule has 2 saturated heterocycles. The predicted octanol–water partition coefficient (Wildman–Crippen LogP) is 3.63. The number of fused-ring (bicyclic) bond motifs is 1. The van der Waals surface area contributed by atoms with Gasteiger partial charge in [-0.3, -0.25) is 13.6 Å². The Hall–Kier alpha value is -1.79. The number of aliphatic hydroxyl groups is 2. The first-order valence-corrected chi connectivity index (χ1v) is 13.0. The summed E-state index contributed by atoms with van der Waals surface area (Å²) in [7, 11) is -4.00. The number of phosphoric ester groups is 1. The SMILES string of the molecule is C[C@@]1(O)[C@H](O)[C@@H](CO[P@@]2(=O)OCC[C@@H](c3ccc(Cl)c(Cl)c3)O2)O[C@H]1n1ccc2c(N)ncnc21. The van der Waals surface area contributed by atoms with Gasteiger partial charge in [-0.05, 0) is 30.7 Å². The molecule has 0 unspecified atom stereocenters. The molecular formula is C21H23Cl2N4O7P. The molecule has 2 aliphatic heterocycles. The van der Waals surface area contributed by atoms with Crippen molar-refractivity contribution in [3.63, 3.8) is 0 Å². The average Bonchev–Trinajstić information content (AvgIpc) is 3.34. The minimum atomic E-state index is -4.00. The van der Waals surface area contributed by atoms with Crippen LogP contribution >= 0.6 is 31.0 Å². The Morgan fingerprint density at radius 2 is 2.11 bits per heavy atom. The zero-order chi connectivity index (χ0) is 25.0. The van der Waals surface area contributed by atoms with Crippen LogP contribution in [0, 0.1) is 0 Å². The number of hydrogen-bond acceptors (Lipinski definition) is 10. The third-order valence-electron chi connectivity index (χ3n) is 6.15. The van der Waals surface area contributed by atoms with Crippen molar-refractivity contribution in [2.45, 2.75) is 43.5 Å². The van der Waals surface area contributed by atoms with Crippen LogP contribution in [-0.2, 0) is 22.9 Å². The number of nitrogens with two attached hydrogens (primary N) is 1. The van der Waals surface area contributed by atoms with Gasteiger partial charge < -0.3 is 25.3 Å². The second-order valence-electron chi connectivity index (χ2n) is 8.55. The fourth-order valence-corrected chi connectivity index (χ4v) is 5.94. The molecular weight excluding hydrogens is 522 g/mol. The summed E-state index contributed by atoms with van der Waals surface area (Å²) in [5.74, 6) is 0.271. The van der Waals surface area contributed by atoms with E-state index < -0.39 is 38.0 Å². The number of hydrogen-bond donors (Lipinski definition) is 3. The summed E-state index contributed by atoms with van der Waals surface area (Å²) in [4.78, 5) is 8.15. The summed E-state index contributed by atoms with van der Waals surface area (Å²) < 4.78 is 37.1. The Morgan fingerprint density at radius 1 is 1.31 bits per heavy atom. The maximum Gasteiger partial charge on any atom is 0.475 e. The molecule has 2 fully saturated rings. The predicted molar refractivity (Wildman–Crippen MR) is 127 cm³/mol. The van der Waals surface area contributed by atoms with Gasteiger partial charge in [-0.15, -0.1) is 0 Å². The number of ether oxygens (including phenoxy) is 1. The van der Waals surface area contributed by atoms with Crippen molar-refractivity contribution in [2.75, 3.05) is 18.9 Å². The second-order valence-corrected chi connectivity index (χ2v) is 11.0. The smallest absolute Gasteiger partial charge is 0.387 e. The largest absolute Gasteiger partial charge is 0.475 e. The summed E-state index contributed by atoms with van der Waals surface area (Å²) >= 11 is 12.1. The van der Waals surface area contributed by atoms with Crippen molar-refractivity contribution in [1.29, 1.82) is 0 Å². The summed E-state index contributed by atoms with van der Waals surface area (Å²) in [6.07, 6.45) is -0.704. The molecule has 4 heterocycles. The van der Waals surface area contributed by atoms with Crippen molar-refractivity contribution in [1.82, 2.24) is 14.5 Å². The maximum atomic E-state index is 13.2. The van der Waals surface area contributed by atoms with E-state index in [9.17, 15) is 14.8 Å². The first kappa shape index (κ1) is 24.9. The van der Waals surface area contributed by atoms with Gasteiger partial charge in [0.2, 0.25) is 0 Å². The van der Waals surface area contributed by atoms with E-state index in [0.29, 0.717) is 33.1 Å². The molecule has 0 aliphatic carbocycles. The summed E-state index contributed by atoms with van der Waals surface area (Å²) in [5.41, 5.74) is 5.26. The van der Waals surface area contributed by atoms with Gasteiger partial charge in [0.25, 0.3) is 0 Å². The summed E-state index contributed by atoms with van der Waals surface area (Å²) in [6, 6.07) is 6.66. The molecule has 1 aromatic carbocycles. The molecule has 6 atom stereocenters. The highest BCUT2D eigenvalue weighted by molar-refractivity contribution is 7.48. The number of benzene rings is 1. The number of halogens is 2. The van der Waals surface area contributed by atoms with Crippen LogP contribution in [0.1, 0.15) is 31.2 Å². The van der Waals surface area contributed by atoms with E-state index >= 15 is 0 Å². The fraction of sp³-hybridized carbons (Fsp3) is 0.429. The highest BCUT2D eigenvalue weighted by Gasteiger charge is 2.54. The Labute approximate surface area is 210 Å². The van der Waals surface area contributed by atoms with Gasteiger partial charge in [0.1, 0.15) is 35.6 Å². The lowest BCUT2D eigenvalue weighted by Gasteiger charge is -2.30. The molecule has 0 bridgehead atoms. The van der Waals surface area contributed by atoms with Crippen molar-refractivity contribution >= 4 is 47.9 Å². The third-order valence-corrected chi connectivity index (χ3v) is 8.36. The Kier molecular flexibility index (Phi) is 6.58. The lowest BCUT2D eigenvalue weighted by molar-refractivity contribution is -0.0950. The minimum absolute atomic E-state index is 0.118. The number of anilines is 1.